The average Bonchev–Trinajstić information content (AvgIpc) is 2.38. The maximum atomic E-state index is 5.60. The fourth-order valence-corrected chi connectivity index (χ4v) is 1.92. The van der Waals surface area contributed by atoms with E-state index < -0.39 is 0 Å². The highest BCUT2D eigenvalue weighted by atomic mass is 16.6. The van der Waals surface area contributed by atoms with Gasteiger partial charge in [-0.2, -0.15) is 0 Å². The van der Waals surface area contributed by atoms with Crippen LogP contribution in [-0.4, -0.2) is 25.8 Å². The van der Waals surface area contributed by atoms with Crippen molar-refractivity contribution in [3.8, 4) is 11.5 Å². The van der Waals surface area contributed by atoms with Crippen LogP contribution >= 0.6 is 0 Å². The first kappa shape index (κ1) is 12.2. The van der Waals surface area contributed by atoms with E-state index in [-0.39, 0.29) is 6.04 Å². The molecule has 1 heterocycles. The van der Waals surface area contributed by atoms with E-state index in [2.05, 4.69) is 25.2 Å². The normalized spacial score (nSPS) is 17.6. The number of hydrogen-bond acceptors (Lipinski definition) is 4. The van der Waals surface area contributed by atoms with E-state index in [0.29, 0.717) is 25.8 Å². The monoisotopic (exact) mass is 236 g/mol. The zero-order chi connectivity index (χ0) is 12.3. The predicted octanol–water partition coefficient (Wildman–Crippen LogP) is 1.46. The Labute approximate surface area is 102 Å². The van der Waals surface area contributed by atoms with Crippen molar-refractivity contribution in [3.05, 3.63) is 23.8 Å². The van der Waals surface area contributed by atoms with Gasteiger partial charge in [-0.15, -0.1) is 0 Å². The molecule has 0 radical (unpaired) electrons. The molecule has 2 rings (SSSR count). The van der Waals surface area contributed by atoms with Crippen LogP contribution in [0.25, 0.3) is 0 Å². The van der Waals surface area contributed by atoms with E-state index in [1.807, 2.05) is 12.1 Å². The number of rotatable bonds is 4. The smallest absolute Gasteiger partial charge is 0.161 e. The second-order valence-corrected chi connectivity index (χ2v) is 4.43. The fourth-order valence-electron chi connectivity index (χ4n) is 1.92. The summed E-state index contributed by atoms with van der Waals surface area (Å²) in [6.07, 6.45) is 0. The van der Waals surface area contributed by atoms with Crippen LogP contribution < -0.4 is 20.5 Å². The van der Waals surface area contributed by atoms with E-state index in [9.17, 15) is 0 Å². The summed E-state index contributed by atoms with van der Waals surface area (Å²) in [6, 6.07) is 6.63. The van der Waals surface area contributed by atoms with Crippen LogP contribution in [0.3, 0.4) is 0 Å². The number of nitrogens with two attached hydrogens (primary N) is 1. The third-order valence-corrected chi connectivity index (χ3v) is 2.95. The zero-order valence-corrected chi connectivity index (χ0v) is 10.4. The van der Waals surface area contributed by atoms with Crippen LogP contribution in [0.4, 0.5) is 0 Å². The Morgan fingerprint density at radius 2 is 1.94 bits per heavy atom. The number of nitrogens with one attached hydrogen (secondary N) is 1. The average molecular weight is 236 g/mol. The maximum absolute atomic E-state index is 5.60. The third-order valence-electron chi connectivity index (χ3n) is 2.95. The fraction of sp³-hybridized carbons (Fsp3) is 0.538. The minimum Gasteiger partial charge on any atom is -0.486 e. The number of ether oxygens (including phenoxy) is 2. The predicted molar refractivity (Wildman–Crippen MR) is 67.5 cm³/mol. The zero-order valence-electron chi connectivity index (χ0n) is 10.4. The van der Waals surface area contributed by atoms with Crippen molar-refractivity contribution in [2.24, 2.45) is 5.73 Å². The van der Waals surface area contributed by atoms with Crippen LogP contribution in [-0.2, 0) is 0 Å². The summed E-state index contributed by atoms with van der Waals surface area (Å²) in [6.45, 7) is 6.09. The van der Waals surface area contributed by atoms with Gasteiger partial charge in [-0.1, -0.05) is 6.07 Å². The maximum Gasteiger partial charge on any atom is 0.161 e. The molecule has 1 aliphatic rings. The molecule has 0 bridgehead atoms. The number of hydrogen-bond donors (Lipinski definition) is 2. The Kier molecular flexibility index (Phi) is 3.86. The second-order valence-electron chi connectivity index (χ2n) is 4.43. The molecule has 0 amide bonds. The highest BCUT2D eigenvalue weighted by Crippen LogP contribution is 2.32. The third kappa shape index (κ3) is 2.90. The molecule has 0 fully saturated rings. The van der Waals surface area contributed by atoms with E-state index >= 15 is 0 Å². The Bertz CT molecular complexity index is 382. The van der Waals surface area contributed by atoms with Gasteiger partial charge in [-0.25, -0.2) is 0 Å². The minimum absolute atomic E-state index is 0.254. The SMILES string of the molecule is CC(CN)NC(C)c1ccc2c(c1)OCCO2. The van der Waals surface area contributed by atoms with Gasteiger partial charge in [0.2, 0.25) is 0 Å². The van der Waals surface area contributed by atoms with Gasteiger partial charge in [0, 0.05) is 18.6 Å². The van der Waals surface area contributed by atoms with E-state index in [1.165, 1.54) is 5.56 Å². The molecule has 1 aromatic rings. The van der Waals surface area contributed by atoms with Crippen molar-refractivity contribution in [2.45, 2.75) is 25.9 Å². The van der Waals surface area contributed by atoms with Gasteiger partial charge in [0.15, 0.2) is 11.5 Å². The number of benzene rings is 1. The lowest BCUT2D eigenvalue weighted by molar-refractivity contribution is 0.171. The summed E-state index contributed by atoms with van der Waals surface area (Å²) in [5, 5.41) is 3.43. The summed E-state index contributed by atoms with van der Waals surface area (Å²) < 4.78 is 11.1. The highest BCUT2D eigenvalue weighted by molar-refractivity contribution is 5.44. The van der Waals surface area contributed by atoms with E-state index in [0.717, 1.165) is 11.5 Å². The number of fused-ring (bicyclic) bond motifs is 1. The molecule has 2 unspecified atom stereocenters. The van der Waals surface area contributed by atoms with Crippen LogP contribution in [0.15, 0.2) is 18.2 Å². The van der Waals surface area contributed by atoms with E-state index in [1.54, 1.807) is 0 Å². The van der Waals surface area contributed by atoms with Gasteiger partial charge in [0.05, 0.1) is 0 Å². The van der Waals surface area contributed by atoms with Crippen molar-refractivity contribution in [1.29, 1.82) is 0 Å². The van der Waals surface area contributed by atoms with Gasteiger partial charge < -0.3 is 20.5 Å². The quantitative estimate of drug-likeness (QED) is 0.831. The highest BCUT2D eigenvalue weighted by Gasteiger charge is 2.15. The molecule has 1 aliphatic heterocycles. The second kappa shape index (κ2) is 5.38. The molecular formula is C13H20N2O2. The first-order valence-corrected chi connectivity index (χ1v) is 6.06. The molecule has 3 N–H and O–H groups in total. The molecule has 17 heavy (non-hydrogen) atoms. The largest absolute Gasteiger partial charge is 0.486 e. The van der Waals surface area contributed by atoms with Crippen molar-refractivity contribution < 1.29 is 9.47 Å². The van der Waals surface area contributed by atoms with E-state index in [4.69, 9.17) is 15.2 Å². The van der Waals surface area contributed by atoms with Crippen LogP contribution in [0, 0.1) is 0 Å². The van der Waals surface area contributed by atoms with Crippen LogP contribution in [0.2, 0.25) is 0 Å². The summed E-state index contributed by atoms with van der Waals surface area (Å²) >= 11 is 0. The minimum atomic E-state index is 0.254. The summed E-state index contributed by atoms with van der Waals surface area (Å²) in [5.41, 5.74) is 6.79. The van der Waals surface area contributed by atoms with Gasteiger partial charge in [-0.05, 0) is 31.5 Å². The molecule has 4 heteroatoms. The lowest BCUT2D eigenvalue weighted by atomic mass is 10.1. The molecule has 0 saturated carbocycles. The first-order valence-electron chi connectivity index (χ1n) is 6.06. The van der Waals surface area contributed by atoms with Gasteiger partial charge >= 0.3 is 0 Å². The topological polar surface area (TPSA) is 56.5 Å². The van der Waals surface area contributed by atoms with Crippen molar-refractivity contribution in [1.82, 2.24) is 5.32 Å². The Morgan fingerprint density at radius 1 is 1.24 bits per heavy atom. The van der Waals surface area contributed by atoms with Crippen molar-refractivity contribution in [3.63, 3.8) is 0 Å². The first-order chi connectivity index (χ1) is 8.20. The Morgan fingerprint density at radius 3 is 2.65 bits per heavy atom. The Hall–Kier alpha value is -1.26. The molecule has 0 saturated heterocycles. The standard InChI is InChI=1S/C13H20N2O2/c1-9(8-14)15-10(2)11-3-4-12-13(7-11)17-6-5-16-12/h3-4,7,9-10,15H,5-6,8,14H2,1-2H3. The molecule has 94 valence electrons. The molecule has 0 aliphatic carbocycles. The molecule has 4 nitrogen and oxygen atoms in total. The summed E-state index contributed by atoms with van der Waals surface area (Å²) in [4.78, 5) is 0. The van der Waals surface area contributed by atoms with Crippen molar-refractivity contribution >= 4 is 0 Å². The van der Waals surface area contributed by atoms with Crippen LogP contribution in [0.1, 0.15) is 25.5 Å². The van der Waals surface area contributed by atoms with Crippen molar-refractivity contribution in [2.75, 3.05) is 19.8 Å². The van der Waals surface area contributed by atoms with Gasteiger partial charge in [0.25, 0.3) is 0 Å². The lowest BCUT2D eigenvalue weighted by Crippen LogP contribution is -2.35. The van der Waals surface area contributed by atoms with Gasteiger partial charge in [-0.3, -0.25) is 0 Å². The molecule has 0 aromatic heterocycles. The molecule has 0 spiro atoms. The molecule has 2 atom stereocenters. The van der Waals surface area contributed by atoms with Gasteiger partial charge in [0.1, 0.15) is 13.2 Å². The summed E-state index contributed by atoms with van der Waals surface area (Å²) in [7, 11) is 0. The molecule has 1 aromatic carbocycles. The Balaban J connectivity index is 2.10. The molecular weight excluding hydrogens is 216 g/mol. The summed E-state index contributed by atoms with van der Waals surface area (Å²) in [5.74, 6) is 1.67. The lowest BCUT2D eigenvalue weighted by Gasteiger charge is -2.22. The van der Waals surface area contributed by atoms with Crippen LogP contribution in [0.5, 0.6) is 11.5 Å².